The molecular formula is C10H8N2O2. The number of amides is 1. The summed E-state index contributed by atoms with van der Waals surface area (Å²) in [5.74, 6) is 0.796. The molecule has 3 atom stereocenters. The van der Waals surface area contributed by atoms with Crippen LogP contribution in [0, 0.1) is 17.2 Å². The summed E-state index contributed by atoms with van der Waals surface area (Å²) in [5.41, 5.74) is 0.627. The van der Waals surface area contributed by atoms with Crippen molar-refractivity contribution in [1.82, 2.24) is 5.32 Å². The van der Waals surface area contributed by atoms with Crippen molar-refractivity contribution in [1.29, 1.82) is 5.26 Å². The minimum atomic E-state index is -0.116. The van der Waals surface area contributed by atoms with Crippen LogP contribution < -0.4 is 5.32 Å². The SMILES string of the molecule is N#C[C@H]1C[C@@H]2c3occc3C(=O)N[C@@H]21. The van der Waals surface area contributed by atoms with E-state index < -0.39 is 0 Å². The van der Waals surface area contributed by atoms with Gasteiger partial charge in [-0.25, -0.2) is 0 Å². The van der Waals surface area contributed by atoms with E-state index in [0.29, 0.717) is 5.56 Å². The Kier molecular flexibility index (Phi) is 1.30. The molecule has 1 aliphatic heterocycles. The Labute approximate surface area is 80.5 Å². The maximum atomic E-state index is 11.5. The quantitative estimate of drug-likeness (QED) is 0.661. The average molecular weight is 188 g/mol. The van der Waals surface area contributed by atoms with E-state index in [4.69, 9.17) is 9.68 Å². The highest BCUT2D eigenvalue weighted by molar-refractivity contribution is 5.97. The van der Waals surface area contributed by atoms with Gasteiger partial charge in [0.1, 0.15) is 5.76 Å². The lowest BCUT2D eigenvalue weighted by atomic mass is 9.67. The zero-order chi connectivity index (χ0) is 9.71. The van der Waals surface area contributed by atoms with Crippen LogP contribution >= 0.6 is 0 Å². The second-order valence-corrected chi connectivity index (χ2v) is 3.78. The van der Waals surface area contributed by atoms with E-state index >= 15 is 0 Å². The van der Waals surface area contributed by atoms with Crippen molar-refractivity contribution in [2.45, 2.75) is 18.4 Å². The van der Waals surface area contributed by atoms with Crippen molar-refractivity contribution in [3.8, 4) is 6.07 Å². The molecule has 1 aromatic heterocycles. The molecule has 3 rings (SSSR count). The first-order valence-electron chi connectivity index (χ1n) is 4.59. The molecule has 1 saturated carbocycles. The van der Waals surface area contributed by atoms with Crippen molar-refractivity contribution in [3.63, 3.8) is 0 Å². The van der Waals surface area contributed by atoms with Crippen LogP contribution in [0.5, 0.6) is 0 Å². The van der Waals surface area contributed by atoms with Gasteiger partial charge in [0.15, 0.2) is 0 Å². The maximum absolute atomic E-state index is 11.5. The molecule has 0 bridgehead atoms. The summed E-state index contributed by atoms with van der Waals surface area (Å²) in [6.45, 7) is 0. The lowest BCUT2D eigenvalue weighted by molar-refractivity contribution is 0.0819. The van der Waals surface area contributed by atoms with Gasteiger partial charge in [0.25, 0.3) is 5.91 Å². The Morgan fingerprint density at radius 2 is 2.50 bits per heavy atom. The number of carbonyl (C=O) groups excluding carboxylic acids is 1. The molecule has 2 aliphatic rings. The standard InChI is InChI=1S/C10H8N2O2/c11-4-5-3-7-8(5)12-10(13)6-1-2-14-9(6)7/h1-2,5,7-8H,3H2,(H,12,13)/t5-,7+,8-/m1/s1. The maximum Gasteiger partial charge on any atom is 0.255 e. The van der Waals surface area contributed by atoms with Gasteiger partial charge in [-0.2, -0.15) is 5.26 Å². The highest BCUT2D eigenvalue weighted by atomic mass is 16.3. The van der Waals surface area contributed by atoms with Gasteiger partial charge in [-0.3, -0.25) is 4.79 Å². The summed E-state index contributed by atoms with van der Waals surface area (Å²) in [5, 5.41) is 11.6. The van der Waals surface area contributed by atoms with Gasteiger partial charge in [0, 0.05) is 5.92 Å². The number of fused-ring (bicyclic) bond motifs is 3. The van der Waals surface area contributed by atoms with Crippen LogP contribution in [-0.4, -0.2) is 11.9 Å². The predicted octanol–water partition coefficient (Wildman–Crippen LogP) is 1.02. The normalized spacial score (nSPS) is 33.4. The Balaban J connectivity index is 2.02. The van der Waals surface area contributed by atoms with E-state index in [0.717, 1.165) is 12.2 Å². The largest absolute Gasteiger partial charge is 0.468 e. The van der Waals surface area contributed by atoms with Crippen molar-refractivity contribution < 1.29 is 9.21 Å². The number of nitriles is 1. The number of furan rings is 1. The summed E-state index contributed by atoms with van der Waals surface area (Å²) in [6.07, 6.45) is 2.33. The third-order valence-corrected chi connectivity index (χ3v) is 3.12. The van der Waals surface area contributed by atoms with E-state index in [1.807, 2.05) is 0 Å². The van der Waals surface area contributed by atoms with Gasteiger partial charge in [-0.05, 0) is 12.5 Å². The fraction of sp³-hybridized carbons (Fsp3) is 0.400. The molecule has 14 heavy (non-hydrogen) atoms. The topological polar surface area (TPSA) is 66.0 Å². The first-order chi connectivity index (χ1) is 6.81. The molecule has 4 nitrogen and oxygen atoms in total. The number of nitrogens with zero attached hydrogens (tertiary/aromatic N) is 1. The van der Waals surface area contributed by atoms with Gasteiger partial charge in [0.05, 0.1) is 29.9 Å². The van der Waals surface area contributed by atoms with Crippen molar-refractivity contribution in [3.05, 3.63) is 23.7 Å². The Morgan fingerprint density at radius 3 is 3.29 bits per heavy atom. The van der Waals surface area contributed by atoms with Gasteiger partial charge in [0.2, 0.25) is 0 Å². The molecule has 1 aliphatic carbocycles. The number of hydrogen-bond acceptors (Lipinski definition) is 3. The lowest BCUT2D eigenvalue weighted by Gasteiger charge is -2.43. The van der Waals surface area contributed by atoms with Gasteiger partial charge in [-0.1, -0.05) is 0 Å². The van der Waals surface area contributed by atoms with Gasteiger partial charge in [-0.15, -0.1) is 0 Å². The molecule has 0 spiro atoms. The first kappa shape index (κ1) is 7.63. The lowest BCUT2D eigenvalue weighted by Crippen LogP contribution is -2.55. The molecule has 0 aromatic carbocycles. The van der Waals surface area contributed by atoms with Crippen LogP contribution in [-0.2, 0) is 0 Å². The molecule has 1 aromatic rings. The molecule has 1 amide bonds. The van der Waals surface area contributed by atoms with Crippen LogP contribution in [0.25, 0.3) is 0 Å². The van der Waals surface area contributed by atoms with Gasteiger partial charge < -0.3 is 9.73 Å². The summed E-state index contributed by atoms with van der Waals surface area (Å²) in [7, 11) is 0. The molecule has 0 unspecified atom stereocenters. The molecule has 0 radical (unpaired) electrons. The highest BCUT2D eigenvalue weighted by Crippen LogP contribution is 2.45. The molecular weight excluding hydrogens is 180 g/mol. The van der Waals surface area contributed by atoms with E-state index in [9.17, 15) is 4.79 Å². The smallest absolute Gasteiger partial charge is 0.255 e. The molecule has 0 saturated heterocycles. The average Bonchev–Trinajstić information content (AvgIpc) is 2.60. The third kappa shape index (κ3) is 0.746. The van der Waals surface area contributed by atoms with Crippen LogP contribution in [0.15, 0.2) is 16.7 Å². The van der Waals surface area contributed by atoms with E-state index in [-0.39, 0.29) is 23.8 Å². The van der Waals surface area contributed by atoms with Crippen LogP contribution in [0.1, 0.15) is 28.5 Å². The van der Waals surface area contributed by atoms with Crippen LogP contribution in [0.3, 0.4) is 0 Å². The zero-order valence-electron chi connectivity index (χ0n) is 7.36. The number of hydrogen-bond donors (Lipinski definition) is 1. The third-order valence-electron chi connectivity index (χ3n) is 3.12. The number of rotatable bonds is 0. The van der Waals surface area contributed by atoms with E-state index in [1.165, 1.54) is 6.26 Å². The molecule has 70 valence electrons. The molecule has 2 heterocycles. The minimum Gasteiger partial charge on any atom is -0.468 e. The molecule has 1 fully saturated rings. The Morgan fingerprint density at radius 1 is 1.64 bits per heavy atom. The molecule has 4 heteroatoms. The predicted molar refractivity (Wildman–Crippen MR) is 46.4 cm³/mol. The van der Waals surface area contributed by atoms with Gasteiger partial charge >= 0.3 is 0 Å². The highest BCUT2D eigenvalue weighted by Gasteiger charge is 2.49. The number of carbonyl (C=O) groups is 1. The fourth-order valence-corrected chi connectivity index (χ4v) is 2.28. The summed E-state index contributed by atoms with van der Waals surface area (Å²) in [6, 6.07) is 3.83. The van der Waals surface area contributed by atoms with Crippen LogP contribution in [0.4, 0.5) is 0 Å². The van der Waals surface area contributed by atoms with E-state index in [2.05, 4.69) is 11.4 Å². The van der Waals surface area contributed by atoms with Crippen molar-refractivity contribution in [2.75, 3.05) is 0 Å². The van der Waals surface area contributed by atoms with Crippen molar-refractivity contribution in [2.24, 2.45) is 5.92 Å². The summed E-state index contributed by atoms with van der Waals surface area (Å²) >= 11 is 0. The molecule has 1 N–H and O–H groups in total. The second kappa shape index (κ2) is 2.38. The summed E-state index contributed by atoms with van der Waals surface area (Å²) < 4.78 is 5.28. The zero-order valence-corrected chi connectivity index (χ0v) is 7.36. The first-order valence-corrected chi connectivity index (χ1v) is 4.59. The fourth-order valence-electron chi connectivity index (χ4n) is 2.28. The summed E-state index contributed by atoms with van der Waals surface area (Å²) in [4.78, 5) is 11.5. The van der Waals surface area contributed by atoms with E-state index in [1.54, 1.807) is 6.07 Å². The Hall–Kier alpha value is -1.76. The number of nitrogens with one attached hydrogen (secondary N) is 1. The van der Waals surface area contributed by atoms with Crippen molar-refractivity contribution >= 4 is 5.91 Å². The minimum absolute atomic E-state index is 0.0360. The monoisotopic (exact) mass is 188 g/mol. The van der Waals surface area contributed by atoms with Crippen LogP contribution in [0.2, 0.25) is 0 Å². The second-order valence-electron chi connectivity index (χ2n) is 3.78. The Bertz CT molecular complexity index is 443.